The first-order chi connectivity index (χ1) is 3.93. The highest BCUT2D eigenvalue weighted by atomic mass is 16.5. The molecule has 1 heterocycles. The Labute approximate surface area is 50.2 Å². The zero-order valence-corrected chi connectivity index (χ0v) is 5.31. The van der Waals surface area contributed by atoms with Crippen LogP contribution in [0.1, 0.15) is 13.3 Å². The summed E-state index contributed by atoms with van der Waals surface area (Å²) in [5, 5.41) is 3.32. The first-order valence-electron chi connectivity index (χ1n) is 3.24. The number of rotatable bonds is 2. The first-order valence-corrected chi connectivity index (χ1v) is 3.24. The van der Waals surface area contributed by atoms with Crippen LogP contribution in [0, 0.1) is 0 Å². The third kappa shape index (κ3) is 1.46. The second-order valence-electron chi connectivity index (χ2n) is 2.12. The molecule has 0 aromatic carbocycles. The topological polar surface area (TPSA) is 21.3 Å². The monoisotopic (exact) mass is 115 g/mol. The molecule has 0 spiro atoms. The minimum Gasteiger partial charge on any atom is -0.380 e. The third-order valence-corrected chi connectivity index (χ3v) is 1.42. The quantitative estimate of drug-likeness (QED) is 0.562. The molecule has 0 radical (unpaired) electrons. The van der Waals surface area contributed by atoms with Gasteiger partial charge in [-0.1, -0.05) is 6.92 Å². The number of hydrogen-bond acceptors (Lipinski definition) is 2. The second kappa shape index (κ2) is 3.05. The van der Waals surface area contributed by atoms with Gasteiger partial charge >= 0.3 is 0 Å². The molecule has 2 heteroatoms. The zero-order chi connectivity index (χ0) is 5.82. The van der Waals surface area contributed by atoms with Gasteiger partial charge in [-0.15, -0.1) is 0 Å². The Balaban J connectivity index is 2.06. The lowest BCUT2D eigenvalue weighted by molar-refractivity contribution is 0.190. The first kappa shape index (κ1) is 6.05. The van der Waals surface area contributed by atoms with E-state index in [9.17, 15) is 0 Å². The van der Waals surface area contributed by atoms with Crippen LogP contribution < -0.4 is 5.32 Å². The van der Waals surface area contributed by atoms with Crippen LogP contribution in [0.15, 0.2) is 0 Å². The summed E-state index contributed by atoms with van der Waals surface area (Å²) in [5.74, 6) is 0. The van der Waals surface area contributed by atoms with Crippen molar-refractivity contribution in [3.63, 3.8) is 0 Å². The molecule has 0 saturated carbocycles. The van der Waals surface area contributed by atoms with Crippen molar-refractivity contribution in [2.75, 3.05) is 19.8 Å². The molecule has 0 aliphatic carbocycles. The lowest BCUT2D eigenvalue weighted by Crippen LogP contribution is -2.28. The van der Waals surface area contributed by atoms with Crippen LogP contribution in [0.4, 0.5) is 0 Å². The highest BCUT2D eigenvalue weighted by Crippen LogP contribution is 2.01. The molecular weight excluding hydrogens is 102 g/mol. The SMILES string of the molecule is CCN[C@@H]1CCOC1. The summed E-state index contributed by atoms with van der Waals surface area (Å²) in [6.07, 6.45) is 1.19. The van der Waals surface area contributed by atoms with Gasteiger partial charge in [0.05, 0.1) is 6.61 Å². The molecule has 0 aromatic rings. The van der Waals surface area contributed by atoms with E-state index in [1.165, 1.54) is 6.42 Å². The predicted octanol–water partition coefficient (Wildman–Crippen LogP) is 0.385. The Morgan fingerprint density at radius 1 is 1.75 bits per heavy atom. The number of likely N-dealkylation sites (N-methyl/N-ethyl adjacent to an activating group) is 1. The van der Waals surface area contributed by atoms with Crippen molar-refractivity contribution in [3.05, 3.63) is 0 Å². The van der Waals surface area contributed by atoms with E-state index in [-0.39, 0.29) is 0 Å². The van der Waals surface area contributed by atoms with Crippen LogP contribution >= 0.6 is 0 Å². The average Bonchev–Trinajstić information content (AvgIpc) is 2.19. The zero-order valence-electron chi connectivity index (χ0n) is 5.31. The minimum absolute atomic E-state index is 0.639. The maximum absolute atomic E-state index is 5.15. The van der Waals surface area contributed by atoms with Crippen molar-refractivity contribution in [1.82, 2.24) is 5.32 Å². The molecule has 1 aliphatic rings. The molecule has 1 fully saturated rings. The summed E-state index contributed by atoms with van der Waals surface area (Å²) >= 11 is 0. The fourth-order valence-electron chi connectivity index (χ4n) is 0.984. The molecule has 2 nitrogen and oxygen atoms in total. The molecule has 8 heavy (non-hydrogen) atoms. The number of nitrogens with one attached hydrogen (secondary N) is 1. The number of hydrogen-bond donors (Lipinski definition) is 1. The van der Waals surface area contributed by atoms with Crippen molar-refractivity contribution in [2.45, 2.75) is 19.4 Å². The van der Waals surface area contributed by atoms with Crippen molar-refractivity contribution in [3.8, 4) is 0 Å². The van der Waals surface area contributed by atoms with Gasteiger partial charge in [-0.05, 0) is 13.0 Å². The highest BCUT2D eigenvalue weighted by Gasteiger charge is 2.12. The minimum atomic E-state index is 0.639. The van der Waals surface area contributed by atoms with Crippen LogP contribution in [-0.2, 0) is 4.74 Å². The Morgan fingerprint density at radius 3 is 3.12 bits per heavy atom. The summed E-state index contributed by atoms with van der Waals surface area (Å²) in [5.41, 5.74) is 0. The van der Waals surface area contributed by atoms with E-state index >= 15 is 0 Å². The van der Waals surface area contributed by atoms with Crippen LogP contribution in [0.3, 0.4) is 0 Å². The van der Waals surface area contributed by atoms with Crippen molar-refractivity contribution in [1.29, 1.82) is 0 Å². The summed E-state index contributed by atoms with van der Waals surface area (Å²) in [6.45, 7) is 5.04. The predicted molar refractivity (Wildman–Crippen MR) is 32.9 cm³/mol. The fourth-order valence-corrected chi connectivity index (χ4v) is 0.984. The van der Waals surface area contributed by atoms with Gasteiger partial charge in [-0.2, -0.15) is 0 Å². The van der Waals surface area contributed by atoms with E-state index in [1.54, 1.807) is 0 Å². The maximum Gasteiger partial charge on any atom is 0.0620 e. The molecule has 1 saturated heterocycles. The van der Waals surface area contributed by atoms with Gasteiger partial charge in [0.1, 0.15) is 0 Å². The van der Waals surface area contributed by atoms with Crippen LogP contribution in [0.2, 0.25) is 0 Å². The van der Waals surface area contributed by atoms with Gasteiger partial charge in [0, 0.05) is 12.6 Å². The third-order valence-electron chi connectivity index (χ3n) is 1.42. The highest BCUT2D eigenvalue weighted by molar-refractivity contribution is 4.69. The molecule has 1 N–H and O–H groups in total. The molecule has 1 atom stereocenters. The Hall–Kier alpha value is -0.0800. The van der Waals surface area contributed by atoms with Gasteiger partial charge in [-0.25, -0.2) is 0 Å². The molecule has 0 unspecified atom stereocenters. The molecule has 0 amide bonds. The average molecular weight is 115 g/mol. The number of ether oxygens (including phenoxy) is 1. The summed E-state index contributed by atoms with van der Waals surface area (Å²) in [6, 6.07) is 0.639. The maximum atomic E-state index is 5.15. The second-order valence-corrected chi connectivity index (χ2v) is 2.12. The van der Waals surface area contributed by atoms with Crippen molar-refractivity contribution >= 4 is 0 Å². The summed E-state index contributed by atoms with van der Waals surface area (Å²) < 4.78 is 5.15. The standard InChI is InChI=1S/C6H13NO/c1-2-7-6-3-4-8-5-6/h6-7H,2-5H2,1H3/t6-/m1/s1. The summed E-state index contributed by atoms with van der Waals surface area (Å²) in [4.78, 5) is 0. The van der Waals surface area contributed by atoms with E-state index in [2.05, 4.69) is 12.2 Å². The van der Waals surface area contributed by atoms with Crippen LogP contribution in [-0.4, -0.2) is 25.8 Å². The molecule has 1 aliphatic heterocycles. The molecule has 48 valence electrons. The lowest BCUT2D eigenvalue weighted by atomic mass is 10.3. The van der Waals surface area contributed by atoms with Gasteiger partial charge in [0.25, 0.3) is 0 Å². The van der Waals surface area contributed by atoms with E-state index in [0.29, 0.717) is 6.04 Å². The Kier molecular flexibility index (Phi) is 2.30. The normalized spacial score (nSPS) is 28.9. The Bertz CT molecular complexity index is 59.5. The largest absolute Gasteiger partial charge is 0.380 e. The van der Waals surface area contributed by atoms with Crippen molar-refractivity contribution < 1.29 is 4.74 Å². The van der Waals surface area contributed by atoms with Crippen molar-refractivity contribution in [2.24, 2.45) is 0 Å². The fraction of sp³-hybridized carbons (Fsp3) is 1.00. The molecular formula is C6H13NO. The molecule has 0 bridgehead atoms. The Morgan fingerprint density at radius 2 is 2.62 bits per heavy atom. The van der Waals surface area contributed by atoms with Gasteiger partial charge in [-0.3, -0.25) is 0 Å². The van der Waals surface area contributed by atoms with Gasteiger partial charge in [0.15, 0.2) is 0 Å². The van der Waals surface area contributed by atoms with E-state index in [0.717, 1.165) is 19.8 Å². The smallest absolute Gasteiger partial charge is 0.0620 e. The van der Waals surface area contributed by atoms with Gasteiger partial charge in [0.2, 0.25) is 0 Å². The van der Waals surface area contributed by atoms with Crippen LogP contribution in [0.5, 0.6) is 0 Å². The van der Waals surface area contributed by atoms with Gasteiger partial charge < -0.3 is 10.1 Å². The molecule has 1 rings (SSSR count). The van der Waals surface area contributed by atoms with Crippen LogP contribution in [0.25, 0.3) is 0 Å². The van der Waals surface area contributed by atoms with E-state index in [4.69, 9.17) is 4.74 Å². The van der Waals surface area contributed by atoms with E-state index in [1.807, 2.05) is 0 Å². The summed E-state index contributed by atoms with van der Waals surface area (Å²) in [7, 11) is 0. The molecule has 0 aromatic heterocycles. The lowest BCUT2D eigenvalue weighted by Gasteiger charge is -2.05. The van der Waals surface area contributed by atoms with E-state index < -0.39 is 0 Å².